The largest absolute Gasteiger partial charge is 0.350 e. The van der Waals surface area contributed by atoms with Crippen LogP contribution in [0.3, 0.4) is 0 Å². The average Bonchev–Trinajstić information content (AvgIpc) is 2.45. The van der Waals surface area contributed by atoms with Gasteiger partial charge in [0, 0.05) is 19.7 Å². The number of carbonyl (C=O) groups is 1. The molecule has 0 fully saturated rings. The predicted octanol–water partition coefficient (Wildman–Crippen LogP) is 1.47. The summed E-state index contributed by atoms with van der Waals surface area (Å²) in [7, 11) is 1.91. The van der Waals surface area contributed by atoms with Crippen molar-refractivity contribution in [2.24, 2.45) is 12.5 Å². The molecular weight excluding hydrogens is 190 g/mol. The molecule has 0 aliphatic carbocycles. The van der Waals surface area contributed by atoms with Gasteiger partial charge in [0.2, 0.25) is 5.91 Å². The van der Waals surface area contributed by atoms with E-state index < -0.39 is 0 Å². The Balaban J connectivity index is 2.35. The molecule has 0 radical (unpaired) electrons. The predicted molar refractivity (Wildman–Crippen MR) is 59.1 cm³/mol. The standard InChI is InChI=1S/C11H19N3O/c1-11(2,3)5-10(15)12-6-9-7-14(4)8-13-9/h7-8H,5-6H2,1-4H3,(H,12,15). The summed E-state index contributed by atoms with van der Waals surface area (Å²) < 4.78 is 1.87. The number of amides is 1. The highest BCUT2D eigenvalue weighted by atomic mass is 16.1. The van der Waals surface area contributed by atoms with Crippen LogP contribution in [0, 0.1) is 5.41 Å². The van der Waals surface area contributed by atoms with E-state index in [1.807, 2.05) is 38.6 Å². The van der Waals surface area contributed by atoms with Gasteiger partial charge in [-0.3, -0.25) is 4.79 Å². The summed E-state index contributed by atoms with van der Waals surface area (Å²) in [6, 6.07) is 0. The highest BCUT2D eigenvalue weighted by Crippen LogP contribution is 2.17. The number of aryl methyl sites for hydroxylation is 1. The van der Waals surface area contributed by atoms with E-state index in [0.29, 0.717) is 13.0 Å². The molecule has 0 saturated heterocycles. The molecule has 0 unspecified atom stereocenters. The van der Waals surface area contributed by atoms with Gasteiger partial charge in [-0.2, -0.15) is 0 Å². The average molecular weight is 209 g/mol. The Morgan fingerprint density at radius 3 is 2.67 bits per heavy atom. The molecule has 0 atom stereocenters. The van der Waals surface area contributed by atoms with Crippen LogP contribution in [0.5, 0.6) is 0 Å². The van der Waals surface area contributed by atoms with Gasteiger partial charge >= 0.3 is 0 Å². The fourth-order valence-corrected chi connectivity index (χ4v) is 1.29. The summed E-state index contributed by atoms with van der Waals surface area (Å²) in [5.41, 5.74) is 0.925. The lowest BCUT2D eigenvalue weighted by atomic mass is 9.92. The van der Waals surface area contributed by atoms with Gasteiger partial charge in [0.25, 0.3) is 0 Å². The van der Waals surface area contributed by atoms with Crippen molar-refractivity contribution in [2.75, 3.05) is 0 Å². The van der Waals surface area contributed by atoms with Crippen LogP contribution in [-0.2, 0) is 18.4 Å². The zero-order valence-corrected chi connectivity index (χ0v) is 9.87. The number of imidazole rings is 1. The molecule has 15 heavy (non-hydrogen) atoms. The Labute approximate surface area is 90.7 Å². The van der Waals surface area contributed by atoms with Gasteiger partial charge in [-0.1, -0.05) is 20.8 Å². The van der Waals surface area contributed by atoms with Gasteiger partial charge in [-0.05, 0) is 5.41 Å². The third-order valence-electron chi connectivity index (χ3n) is 1.92. The van der Waals surface area contributed by atoms with Crippen molar-refractivity contribution in [2.45, 2.75) is 33.7 Å². The molecule has 84 valence electrons. The summed E-state index contributed by atoms with van der Waals surface area (Å²) >= 11 is 0. The lowest BCUT2D eigenvalue weighted by molar-refractivity contribution is -0.122. The van der Waals surface area contributed by atoms with E-state index in [4.69, 9.17) is 0 Å². The minimum Gasteiger partial charge on any atom is -0.350 e. The zero-order chi connectivity index (χ0) is 11.5. The Kier molecular flexibility index (Phi) is 3.50. The maximum absolute atomic E-state index is 11.5. The molecule has 0 bridgehead atoms. The molecule has 1 aromatic rings. The minimum atomic E-state index is 0.0359. The van der Waals surface area contributed by atoms with Crippen molar-refractivity contribution in [3.05, 3.63) is 18.2 Å². The third kappa shape index (κ3) is 4.63. The molecule has 0 aromatic carbocycles. The molecule has 1 heterocycles. The second-order valence-corrected chi connectivity index (χ2v) is 5.04. The first kappa shape index (κ1) is 11.8. The zero-order valence-electron chi connectivity index (χ0n) is 9.87. The van der Waals surface area contributed by atoms with Crippen molar-refractivity contribution in [1.29, 1.82) is 0 Å². The highest BCUT2D eigenvalue weighted by Gasteiger charge is 2.15. The summed E-state index contributed by atoms with van der Waals surface area (Å²) in [4.78, 5) is 15.6. The van der Waals surface area contributed by atoms with Crippen LogP contribution in [0.2, 0.25) is 0 Å². The normalized spacial score (nSPS) is 11.5. The van der Waals surface area contributed by atoms with Crippen molar-refractivity contribution >= 4 is 5.91 Å². The van der Waals surface area contributed by atoms with E-state index in [-0.39, 0.29) is 11.3 Å². The number of hydrogen-bond acceptors (Lipinski definition) is 2. The Morgan fingerprint density at radius 2 is 2.20 bits per heavy atom. The van der Waals surface area contributed by atoms with Gasteiger partial charge in [0.05, 0.1) is 18.6 Å². The fourth-order valence-electron chi connectivity index (χ4n) is 1.29. The van der Waals surface area contributed by atoms with Crippen molar-refractivity contribution in [1.82, 2.24) is 14.9 Å². The molecule has 1 N–H and O–H groups in total. The molecule has 0 saturated carbocycles. The number of nitrogens with zero attached hydrogens (tertiary/aromatic N) is 2. The van der Waals surface area contributed by atoms with E-state index >= 15 is 0 Å². The van der Waals surface area contributed by atoms with Crippen LogP contribution < -0.4 is 5.32 Å². The molecule has 0 aliphatic heterocycles. The van der Waals surface area contributed by atoms with Gasteiger partial charge in [0.15, 0.2) is 0 Å². The first-order valence-electron chi connectivity index (χ1n) is 5.10. The number of hydrogen-bond donors (Lipinski definition) is 1. The summed E-state index contributed by atoms with van der Waals surface area (Å²) in [5.74, 6) is 0.0770. The number of aromatic nitrogens is 2. The molecule has 4 nitrogen and oxygen atoms in total. The lowest BCUT2D eigenvalue weighted by Gasteiger charge is -2.16. The van der Waals surface area contributed by atoms with Crippen LogP contribution in [0.1, 0.15) is 32.9 Å². The quantitative estimate of drug-likeness (QED) is 0.819. The van der Waals surface area contributed by atoms with Crippen molar-refractivity contribution < 1.29 is 4.79 Å². The van der Waals surface area contributed by atoms with E-state index in [0.717, 1.165) is 5.69 Å². The van der Waals surface area contributed by atoms with Gasteiger partial charge in [-0.15, -0.1) is 0 Å². The second-order valence-electron chi connectivity index (χ2n) is 5.04. The van der Waals surface area contributed by atoms with E-state index in [1.165, 1.54) is 0 Å². The van der Waals surface area contributed by atoms with E-state index in [1.54, 1.807) is 6.33 Å². The molecule has 4 heteroatoms. The fraction of sp³-hybridized carbons (Fsp3) is 0.636. The van der Waals surface area contributed by atoms with E-state index in [9.17, 15) is 4.79 Å². The maximum Gasteiger partial charge on any atom is 0.220 e. The topological polar surface area (TPSA) is 46.9 Å². The second kappa shape index (κ2) is 4.47. The van der Waals surface area contributed by atoms with Crippen LogP contribution in [-0.4, -0.2) is 15.5 Å². The van der Waals surface area contributed by atoms with Crippen LogP contribution in [0.4, 0.5) is 0 Å². The van der Waals surface area contributed by atoms with Crippen molar-refractivity contribution in [3.8, 4) is 0 Å². The summed E-state index contributed by atoms with van der Waals surface area (Å²) in [6.45, 7) is 6.66. The monoisotopic (exact) mass is 209 g/mol. The Hall–Kier alpha value is -1.32. The van der Waals surface area contributed by atoms with Gasteiger partial charge in [-0.25, -0.2) is 4.98 Å². The van der Waals surface area contributed by atoms with Gasteiger partial charge < -0.3 is 9.88 Å². The SMILES string of the molecule is Cn1cnc(CNC(=O)CC(C)(C)C)c1. The third-order valence-corrected chi connectivity index (χ3v) is 1.92. The van der Waals surface area contributed by atoms with Gasteiger partial charge in [0.1, 0.15) is 0 Å². The maximum atomic E-state index is 11.5. The molecule has 0 aliphatic rings. The first-order chi connectivity index (χ1) is 6.87. The smallest absolute Gasteiger partial charge is 0.220 e. The molecular formula is C11H19N3O. The molecule has 1 amide bonds. The Bertz CT molecular complexity index is 336. The van der Waals surface area contributed by atoms with E-state index in [2.05, 4.69) is 10.3 Å². The molecule has 1 aromatic heterocycles. The van der Waals surface area contributed by atoms with Crippen LogP contribution in [0.25, 0.3) is 0 Å². The Morgan fingerprint density at radius 1 is 1.53 bits per heavy atom. The molecule has 0 spiro atoms. The minimum absolute atomic E-state index is 0.0359. The number of carbonyl (C=O) groups excluding carboxylic acids is 1. The number of nitrogens with one attached hydrogen (secondary N) is 1. The van der Waals surface area contributed by atoms with Crippen LogP contribution in [0.15, 0.2) is 12.5 Å². The summed E-state index contributed by atoms with van der Waals surface area (Å²) in [5, 5.41) is 2.85. The number of rotatable bonds is 3. The highest BCUT2D eigenvalue weighted by molar-refractivity contribution is 5.76. The molecule has 1 rings (SSSR count). The van der Waals surface area contributed by atoms with Crippen molar-refractivity contribution in [3.63, 3.8) is 0 Å². The lowest BCUT2D eigenvalue weighted by Crippen LogP contribution is -2.27. The summed E-state index contributed by atoms with van der Waals surface area (Å²) in [6.07, 6.45) is 4.17. The van der Waals surface area contributed by atoms with Crippen LogP contribution >= 0.6 is 0 Å². The first-order valence-corrected chi connectivity index (χ1v) is 5.10.